The number of amides is 1. The number of nitrogens with one attached hydrogen (secondary N) is 1. The highest BCUT2D eigenvalue weighted by molar-refractivity contribution is 6.02. The Bertz CT molecular complexity index is 486. The molecule has 18 heavy (non-hydrogen) atoms. The minimum Gasteiger partial charge on any atom is -0.378 e. The molecule has 1 heterocycles. The lowest BCUT2D eigenvalue weighted by Crippen LogP contribution is -2.24. The lowest BCUT2D eigenvalue weighted by Gasteiger charge is -2.12. The summed E-state index contributed by atoms with van der Waals surface area (Å²) in [6.45, 7) is 0. The first-order chi connectivity index (χ1) is 8.65. The van der Waals surface area contributed by atoms with Crippen LogP contribution >= 0.6 is 0 Å². The molecule has 4 nitrogen and oxygen atoms in total. The first-order valence-electron chi connectivity index (χ1n) is 5.96. The monoisotopic (exact) mass is 243 g/mol. The van der Waals surface area contributed by atoms with Crippen LogP contribution in [0.1, 0.15) is 18.4 Å². The van der Waals surface area contributed by atoms with Crippen LogP contribution < -0.4 is 10.3 Å². The molecule has 0 fully saturated rings. The van der Waals surface area contributed by atoms with Crippen molar-refractivity contribution in [2.24, 2.45) is 5.10 Å². The summed E-state index contributed by atoms with van der Waals surface area (Å²) in [5.41, 5.74) is 5.69. The Hall–Kier alpha value is -2.10. The van der Waals surface area contributed by atoms with Crippen molar-refractivity contribution in [3.8, 4) is 0 Å². The SMILES string of the molecule is CN(C)c1ccc(C=CC2=NNC(=O)CC2)cc1. The van der Waals surface area contributed by atoms with Crippen LogP contribution in [0.4, 0.5) is 5.69 Å². The second-order valence-corrected chi connectivity index (χ2v) is 4.46. The number of carbonyl (C=O) groups excluding carboxylic acids is 1. The Morgan fingerprint density at radius 3 is 2.44 bits per heavy atom. The van der Waals surface area contributed by atoms with E-state index in [1.807, 2.05) is 26.2 Å². The molecule has 0 aromatic heterocycles. The zero-order valence-electron chi connectivity index (χ0n) is 10.7. The van der Waals surface area contributed by atoms with Crippen LogP contribution in [0.5, 0.6) is 0 Å². The summed E-state index contributed by atoms with van der Waals surface area (Å²) in [6, 6.07) is 8.27. The molecule has 0 atom stereocenters. The van der Waals surface area contributed by atoms with E-state index in [1.165, 1.54) is 5.69 Å². The maximum absolute atomic E-state index is 10.9. The number of nitrogens with zero attached hydrogens (tertiary/aromatic N) is 2. The van der Waals surface area contributed by atoms with Crippen molar-refractivity contribution in [3.63, 3.8) is 0 Å². The molecule has 94 valence electrons. The van der Waals surface area contributed by atoms with Crippen LogP contribution in [0, 0.1) is 0 Å². The Labute approximate surface area is 107 Å². The summed E-state index contributed by atoms with van der Waals surface area (Å²) in [5.74, 6) is -0.0116. The van der Waals surface area contributed by atoms with E-state index in [-0.39, 0.29) is 5.91 Å². The summed E-state index contributed by atoms with van der Waals surface area (Å²) in [6.07, 6.45) is 5.18. The number of benzene rings is 1. The highest BCUT2D eigenvalue weighted by atomic mass is 16.2. The average Bonchev–Trinajstić information content (AvgIpc) is 2.38. The first-order valence-corrected chi connectivity index (χ1v) is 5.96. The Morgan fingerprint density at radius 1 is 1.17 bits per heavy atom. The van der Waals surface area contributed by atoms with Gasteiger partial charge in [0.05, 0.1) is 5.71 Å². The highest BCUT2D eigenvalue weighted by Crippen LogP contribution is 2.13. The number of hydrogen-bond acceptors (Lipinski definition) is 3. The third-order valence-corrected chi connectivity index (χ3v) is 2.81. The van der Waals surface area contributed by atoms with Gasteiger partial charge < -0.3 is 4.90 Å². The van der Waals surface area contributed by atoms with Crippen LogP contribution in [0.15, 0.2) is 35.4 Å². The quantitative estimate of drug-likeness (QED) is 0.882. The van der Waals surface area contributed by atoms with Crippen molar-refractivity contribution >= 4 is 23.4 Å². The molecular formula is C14H17N3O. The van der Waals surface area contributed by atoms with Crippen LogP contribution in [-0.2, 0) is 4.79 Å². The van der Waals surface area contributed by atoms with Gasteiger partial charge in [0.15, 0.2) is 0 Å². The predicted octanol–water partition coefficient (Wildman–Crippen LogP) is 2.03. The maximum atomic E-state index is 10.9. The number of rotatable bonds is 3. The Kier molecular flexibility index (Phi) is 3.77. The molecule has 0 bridgehead atoms. The molecule has 0 saturated heterocycles. The van der Waals surface area contributed by atoms with E-state index < -0.39 is 0 Å². The van der Waals surface area contributed by atoms with E-state index in [9.17, 15) is 4.79 Å². The van der Waals surface area contributed by atoms with E-state index >= 15 is 0 Å². The van der Waals surface area contributed by atoms with Gasteiger partial charge in [0.25, 0.3) is 0 Å². The minimum absolute atomic E-state index is 0.0116. The summed E-state index contributed by atoms with van der Waals surface area (Å²) < 4.78 is 0. The van der Waals surface area contributed by atoms with Crippen LogP contribution in [-0.4, -0.2) is 25.7 Å². The van der Waals surface area contributed by atoms with Crippen molar-refractivity contribution in [3.05, 3.63) is 35.9 Å². The molecule has 0 radical (unpaired) electrons. The van der Waals surface area contributed by atoms with E-state index in [2.05, 4.69) is 39.7 Å². The average molecular weight is 243 g/mol. The van der Waals surface area contributed by atoms with E-state index in [4.69, 9.17) is 0 Å². The largest absolute Gasteiger partial charge is 0.378 e. The summed E-state index contributed by atoms with van der Waals surface area (Å²) in [5, 5.41) is 3.99. The smallest absolute Gasteiger partial charge is 0.240 e. The maximum Gasteiger partial charge on any atom is 0.240 e. The fraction of sp³-hybridized carbons (Fsp3) is 0.286. The molecule has 2 rings (SSSR count). The van der Waals surface area contributed by atoms with Crippen molar-refractivity contribution in [1.82, 2.24) is 5.43 Å². The van der Waals surface area contributed by atoms with Crippen molar-refractivity contribution in [2.45, 2.75) is 12.8 Å². The number of hydrazone groups is 1. The molecular weight excluding hydrogens is 226 g/mol. The third-order valence-electron chi connectivity index (χ3n) is 2.81. The molecule has 1 N–H and O–H groups in total. The number of anilines is 1. The fourth-order valence-electron chi connectivity index (χ4n) is 1.68. The standard InChI is InChI=1S/C14H17N3O/c1-17(2)13-8-4-11(5-9-13)3-6-12-7-10-14(18)16-15-12/h3-6,8-9H,7,10H2,1-2H3,(H,16,18). The second-order valence-electron chi connectivity index (χ2n) is 4.46. The predicted molar refractivity (Wildman–Crippen MR) is 74.6 cm³/mol. The van der Waals surface area contributed by atoms with Gasteiger partial charge in [0.2, 0.25) is 5.91 Å². The van der Waals surface area contributed by atoms with E-state index in [1.54, 1.807) is 0 Å². The molecule has 1 aromatic rings. The van der Waals surface area contributed by atoms with Crippen molar-refractivity contribution < 1.29 is 4.79 Å². The van der Waals surface area contributed by atoms with Crippen LogP contribution in [0.2, 0.25) is 0 Å². The van der Waals surface area contributed by atoms with Crippen molar-refractivity contribution in [2.75, 3.05) is 19.0 Å². The number of carbonyl (C=O) groups is 1. The minimum atomic E-state index is -0.0116. The lowest BCUT2D eigenvalue weighted by molar-refractivity contribution is -0.121. The zero-order valence-corrected chi connectivity index (χ0v) is 10.7. The van der Waals surface area contributed by atoms with Crippen LogP contribution in [0.3, 0.4) is 0 Å². The molecule has 1 aromatic carbocycles. The molecule has 1 amide bonds. The Balaban J connectivity index is 2.03. The van der Waals surface area contributed by atoms with Gasteiger partial charge >= 0.3 is 0 Å². The van der Waals surface area contributed by atoms with Gasteiger partial charge in [-0.3, -0.25) is 4.79 Å². The van der Waals surface area contributed by atoms with Crippen molar-refractivity contribution in [1.29, 1.82) is 0 Å². The molecule has 0 aliphatic carbocycles. The fourth-order valence-corrected chi connectivity index (χ4v) is 1.68. The summed E-state index contributed by atoms with van der Waals surface area (Å²) in [4.78, 5) is 13.0. The number of allylic oxidation sites excluding steroid dienone is 1. The Morgan fingerprint density at radius 2 is 1.89 bits per heavy atom. The van der Waals surface area contributed by atoms with Gasteiger partial charge in [0, 0.05) is 32.6 Å². The third kappa shape index (κ3) is 3.20. The van der Waals surface area contributed by atoms with E-state index in [0.29, 0.717) is 12.8 Å². The molecule has 1 aliphatic rings. The van der Waals surface area contributed by atoms with Gasteiger partial charge in [-0.2, -0.15) is 5.10 Å². The normalized spacial score (nSPS) is 15.4. The van der Waals surface area contributed by atoms with Gasteiger partial charge in [-0.05, 0) is 23.8 Å². The van der Waals surface area contributed by atoms with Crippen LogP contribution in [0.25, 0.3) is 6.08 Å². The van der Waals surface area contributed by atoms with E-state index in [0.717, 1.165) is 11.3 Å². The lowest BCUT2D eigenvalue weighted by atomic mass is 10.1. The van der Waals surface area contributed by atoms with Gasteiger partial charge in [-0.1, -0.05) is 18.2 Å². The highest BCUT2D eigenvalue weighted by Gasteiger charge is 2.08. The number of hydrogen-bond donors (Lipinski definition) is 1. The molecule has 0 spiro atoms. The summed E-state index contributed by atoms with van der Waals surface area (Å²) >= 11 is 0. The van der Waals surface area contributed by atoms with Gasteiger partial charge in [-0.15, -0.1) is 0 Å². The van der Waals surface area contributed by atoms with Gasteiger partial charge in [-0.25, -0.2) is 5.43 Å². The first kappa shape index (κ1) is 12.4. The van der Waals surface area contributed by atoms with Gasteiger partial charge in [0.1, 0.15) is 0 Å². The molecule has 4 heteroatoms. The molecule has 1 aliphatic heterocycles. The summed E-state index contributed by atoms with van der Waals surface area (Å²) in [7, 11) is 4.04. The second kappa shape index (κ2) is 5.49. The zero-order chi connectivity index (χ0) is 13.0. The molecule has 0 saturated carbocycles. The topological polar surface area (TPSA) is 44.7 Å². The molecule has 0 unspecified atom stereocenters.